The van der Waals surface area contributed by atoms with E-state index in [4.69, 9.17) is 10.5 Å². The van der Waals surface area contributed by atoms with Crippen LogP contribution in [-0.4, -0.2) is 52.3 Å². The summed E-state index contributed by atoms with van der Waals surface area (Å²) in [5.74, 6) is -0.619. The smallest absolute Gasteiger partial charge is 0.225 e. The van der Waals surface area contributed by atoms with Gasteiger partial charge in [0.2, 0.25) is 11.8 Å². The van der Waals surface area contributed by atoms with Crippen LogP contribution in [0.5, 0.6) is 0 Å². The second-order valence-electron chi connectivity index (χ2n) is 6.91. The zero-order chi connectivity index (χ0) is 17.4. The summed E-state index contributed by atoms with van der Waals surface area (Å²) >= 11 is 0. The largest absolute Gasteiger partial charge is 0.378 e. The molecule has 2 fully saturated rings. The molecule has 0 spiro atoms. The first-order valence-electron chi connectivity index (χ1n) is 8.60. The molecule has 24 heavy (non-hydrogen) atoms. The van der Waals surface area contributed by atoms with Crippen LogP contribution in [0.1, 0.15) is 36.9 Å². The van der Waals surface area contributed by atoms with Crippen molar-refractivity contribution in [3.8, 4) is 0 Å². The first-order chi connectivity index (χ1) is 11.4. The van der Waals surface area contributed by atoms with Crippen molar-refractivity contribution in [2.24, 2.45) is 24.6 Å². The predicted octanol–water partition coefficient (Wildman–Crippen LogP) is 0.571. The number of nitrogens with two attached hydrogens (primary N) is 1. The summed E-state index contributed by atoms with van der Waals surface area (Å²) in [7, 11) is 1.87. The topological polar surface area (TPSA) is 90.4 Å². The van der Waals surface area contributed by atoms with Crippen LogP contribution in [0.4, 0.5) is 0 Å². The number of carbonyl (C=O) groups excluding carboxylic acids is 2. The molecule has 2 heterocycles. The Morgan fingerprint density at radius 3 is 2.62 bits per heavy atom. The fourth-order valence-corrected chi connectivity index (χ4v) is 3.86. The highest BCUT2D eigenvalue weighted by molar-refractivity contribution is 5.84. The molecule has 132 valence electrons. The maximum Gasteiger partial charge on any atom is 0.225 e. The summed E-state index contributed by atoms with van der Waals surface area (Å²) in [6.45, 7) is 5.57. The fraction of sp³-hybridized carbons (Fsp3) is 0.706. The van der Waals surface area contributed by atoms with Crippen LogP contribution in [0.25, 0.3) is 0 Å². The Kier molecular flexibility index (Phi) is 4.62. The zero-order valence-electron chi connectivity index (χ0n) is 14.6. The van der Waals surface area contributed by atoms with E-state index in [2.05, 4.69) is 5.10 Å². The molecule has 1 aliphatic heterocycles. The van der Waals surface area contributed by atoms with Gasteiger partial charge in [0.05, 0.1) is 18.2 Å². The Labute approximate surface area is 142 Å². The van der Waals surface area contributed by atoms with Gasteiger partial charge < -0.3 is 15.4 Å². The van der Waals surface area contributed by atoms with Gasteiger partial charge in [0.25, 0.3) is 0 Å². The van der Waals surface area contributed by atoms with Gasteiger partial charge in [-0.25, -0.2) is 0 Å². The Morgan fingerprint density at radius 1 is 1.38 bits per heavy atom. The van der Waals surface area contributed by atoms with Crippen molar-refractivity contribution < 1.29 is 14.3 Å². The third-order valence-corrected chi connectivity index (χ3v) is 5.52. The Balaban J connectivity index is 1.70. The number of primary amides is 1. The summed E-state index contributed by atoms with van der Waals surface area (Å²) in [4.78, 5) is 26.4. The molecule has 3 rings (SSSR count). The second kappa shape index (κ2) is 6.55. The van der Waals surface area contributed by atoms with E-state index in [9.17, 15) is 9.59 Å². The van der Waals surface area contributed by atoms with Crippen LogP contribution in [0, 0.1) is 18.8 Å². The normalized spacial score (nSPS) is 29.5. The van der Waals surface area contributed by atoms with E-state index in [-0.39, 0.29) is 35.7 Å². The van der Waals surface area contributed by atoms with E-state index in [1.807, 2.05) is 20.9 Å². The Bertz CT molecular complexity index is 636. The lowest BCUT2D eigenvalue weighted by Crippen LogP contribution is -2.44. The number of aromatic nitrogens is 2. The minimum Gasteiger partial charge on any atom is -0.378 e. The van der Waals surface area contributed by atoms with Crippen molar-refractivity contribution >= 4 is 11.8 Å². The van der Waals surface area contributed by atoms with E-state index in [1.165, 1.54) is 0 Å². The van der Waals surface area contributed by atoms with Gasteiger partial charge in [-0.05, 0) is 32.3 Å². The Hall–Kier alpha value is -1.89. The molecule has 0 radical (unpaired) electrons. The molecule has 0 unspecified atom stereocenters. The summed E-state index contributed by atoms with van der Waals surface area (Å²) in [5, 5.41) is 4.26. The molecule has 1 aromatic heterocycles. The van der Waals surface area contributed by atoms with Crippen molar-refractivity contribution in [2.45, 2.75) is 38.7 Å². The van der Waals surface area contributed by atoms with Crippen molar-refractivity contribution in [2.75, 3.05) is 19.7 Å². The summed E-state index contributed by atoms with van der Waals surface area (Å²) in [6.07, 6.45) is 3.55. The highest BCUT2D eigenvalue weighted by Crippen LogP contribution is 2.38. The minimum atomic E-state index is -0.348. The second-order valence-corrected chi connectivity index (χ2v) is 6.91. The lowest BCUT2D eigenvalue weighted by atomic mass is 9.81. The maximum atomic E-state index is 12.7. The van der Waals surface area contributed by atoms with Crippen LogP contribution in [0.2, 0.25) is 0 Å². The lowest BCUT2D eigenvalue weighted by molar-refractivity contribution is -0.143. The molecule has 0 bridgehead atoms. The maximum absolute atomic E-state index is 12.7. The van der Waals surface area contributed by atoms with Gasteiger partial charge in [0, 0.05) is 44.3 Å². The molecule has 2 aliphatic rings. The van der Waals surface area contributed by atoms with Crippen molar-refractivity contribution in [3.63, 3.8) is 0 Å². The number of amides is 2. The molecule has 7 heteroatoms. The quantitative estimate of drug-likeness (QED) is 0.852. The molecule has 1 saturated carbocycles. The third-order valence-electron chi connectivity index (χ3n) is 5.52. The minimum absolute atomic E-state index is 0.0174. The number of hydrogen-bond acceptors (Lipinski definition) is 4. The predicted molar refractivity (Wildman–Crippen MR) is 88.1 cm³/mol. The number of likely N-dealkylation sites (tertiary alicyclic amines) is 1. The molecule has 2 amide bonds. The highest BCUT2D eigenvalue weighted by Gasteiger charge is 2.44. The average Bonchev–Trinajstić information content (AvgIpc) is 3.07. The van der Waals surface area contributed by atoms with Crippen molar-refractivity contribution in [3.05, 3.63) is 17.5 Å². The van der Waals surface area contributed by atoms with Gasteiger partial charge in [0.15, 0.2) is 0 Å². The molecule has 1 aromatic rings. The molecule has 2 N–H and O–H groups in total. The fourth-order valence-electron chi connectivity index (χ4n) is 3.86. The molecule has 0 aromatic carbocycles. The molecule has 1 saturated heterocycles. The van der Waals surface area contributed by atoms with Crippen LogP contribution in [0.3, 0.4) is 0 Å². The molecular weight excluding hydrogens is 308 g/mol. The third kappa shape index (κ3) is 2.92. The molecular formula is C17H26N4O3. The van der Waals surface area contributed by atoms with Gasteiger partial charge >= 0.3 is 0 Å². The van der Waals surface area contributed by atoms with E-state index in [1.54, 1.807) is 15.8 Å². The first kappa shape index (κ1) is 17.0. The van der Waals surface area contributed by atoms with E-state index < -0.39 is 0 Å². The lowest BCUT2D eigenvalue weighted by Gasteiger charge is -2.36. The van der Waals surface area contributed by atoms with E-state index >= 15 is 0 Å². The zero-order valence-corrected chi connectivity index (χ0v) is 14.6. The van der Waals surface area contributed by atoms with Crippen LogP contribution >= 0.6 is 0 Å². The standard InChI is InChI=1S/C17H26N4O3/c1-4-24-12-5-11(6-12)17(23)21-8-14(15(9-21)16(18)22)13-7-19-20(3)10(13)2/h7,11-12,14-15H,4-6,8-9H2,1-3H3,(H2,18,22)/t11?,12?,14-,15+/m1/s1. The number of aryl methyl sites for hydroxylation is 1. The first-order valence-corrected chi connectivity index (χ1v) is 8.60. The van der Waals surface area contributed by atoms with Gasteiger partial charge in [0.1, 0.15) is 0 Å². The number of carbonyl (C=O) groups is 2. The van der Waals surface area contributed by atoms with Gasteiger partial charge in [-0.2, -0.15) is 5.10 Å². The number of rotatable bonds is 5. The number of hydrogen-bond donors (Lipinski definition) is 1. The van der Waals surface area contributed by atoms with Gasteiger partial charge in [-0.15, -0.1) is 0 Å². The average molecular weight is 334 g/mol. The van der Waals surface area contributed by atoms with Crippen molar-refractivity contribution in [1.82, 2.24) is 14.7 Å². The van der Waals surface area contributed by atoms with Crippen LogP contribution in [0.15, 0.2) is 6.20 Å². The monoisotopic (exact) mass is 334 g/mol. The van der Waals surface area contributed by atoms with Gasteiger partial charge in [-0.3, -0.25) is 14.3 Å². The molecule has 1 aliphatic carbocycles. The highest BCUT2D eigenvalue weighted by atomic mass is 16.5. The van der Waals surface area contributed by atoms with Crippen LogP contribution in [-0.2, 0) is 21.4 Å². The Morgan fingerprint density at radius 2 is 2.08 bits per heavy atom. The van der Waals surface area contributed by atoms with Crippen LogP contribution < -0.4 is 5.73 Å². The summed E-state index contributed by atoms with van der Waals surface area (Å²) in [6, 6.07) is 0. The summed E-state index contributed by atoms with van der Waals surface area (Å²) in [5.41, 5.74) is 7.63. The SMILES string of the molecule is CCOC1CC(C(=O)N2C[C@H](C(N)=O)[C@@H](c3cnn(C)c3C)C2)C1. The molecule has 7 nitrogen and oxygen atoms in total. The number of nitrogens with zero attached hydrogens (tertiary/aromatic N) is 3. The van der Waals surface area contributed by atoms with Gasteiger partial charge in [-0.1, -0.05) is 0 Å². The number of ether oxygens (including phenoxy) is 1. The van der Waals surface area contributed by atoms with Crippen molar-refractivity contribution in [1.29, 1.82) is 0 Å². The van der Waals surface area contributed by atoms with E-state index in [0.29, 0.717) is 19.7 Å². The molecule has 2 atom stereocenters. The summed E-state index contributed by atoms with van der Waals surface area (Å²) < 4.78 is 7.32. The van der Waals surface area contributed by atoms with E-state index in [0.717, 1.165) is 24.1 Å².